The second kappa shape index (κ2) is 9.55. The summed E-state index contributed by atoms with van der Waals surface area (Å²) in [5, 5.41) is 26.4. The number of hydroxylamine groups is 1. The van der Waals surface area contributed by atoms with E-state index < -0.39 is 4.92 Å². The van der Waals surface area contributed by atoms with Gasteiger partial charge in [-0.15, -0.1) is 11.3 Å². The third-order valence-electron chi connectivity index (χ3n) is 2.21. The summed E-state index contributed by atoms with van der Waals surface area (Å²) in [7, 11) is 4.00. The third kappa shape index (κ3) is 7.85. The van der Waals surface area contributed by atoms with E-state index >= 15 is 0 Å². The molecule has 0 radical (unpaired) electrons. The van der Waals surface area contributed by atoms with Gasteiger partial charge in [-0.1, -0.05) is 0 Å². The molecular weight excluding hydrogens is 314 g/mol. The van der Waals surface area contributed by atoms with E-state index in [0.29, 0.717) is 12.7 Å². The van der Waals surface area contributed by atoms with Crippen LogP contribution in [-0.2, 0) is 12.3 Å². The minimum atomic E-state index is -0.679. The van der Waals surface area contributed by atoms with Crippen LogP contribution in [0.2, 0.25) is 0 Å². The molecule has 0 aliphatic carbocycles. The number of thiazole rings is 1. The molecule has 0 saturated heterocycles. The van der Waals surface area contributed by atoms with Gasteiger partial charge in [0.1, 0.15) is 5.01 Å². The zero-order valence-corrected chi connectivity index (χ0v) is 13.5. The van der Waals surface area contributed by atoms with Crippen LogP contribution in [0, 0.1) is 15.3 Å². The summed E-state index contributed by atoms with van der Waals surface area (Å²) in [5.74, 6) is 1.37. The Labute approximate surface area is 131 Å². The SMILES string of the molecule is CN(C)Cc1nc(CSCCN/C(=C/[N+](=O)[O-])N[O-])cs1. The molecule has 0 fully saturated rings. The molecule has 1 aromatic heterocycles. The summed E-state index contributed by atoms with van der Waals surface area (Å²) in [5.41, 5.74) is 2.53. The molecule has 0 atom stereocenters. The summed E-state index contributed by atoms with van der Waals surface area (Å²) in [4.78, 5) is 16.1. The molecule has 0 aliphatic heterocycles. The van der Waals surface area contributed by atoms with Crippen LogP contribution in [0.4, 0.5) is 0 Å². The molecule has 8 nitrogen and oxygen atoms in total. The average molecular weight is 332 g/mol. The summed E-state index contributed by atoms with van der Waals surface area (Å²) < 4.78 is 0. The largest absolute Gasteiger partial charge is 0.760 e. The van der Waals surface area contributed by atoms with Crippen LogP contribution >= 0.6 is 23.1 Å². The van der Waals surface area contributed by atoms with Gasteiger partial charge in [-0.2, -0.15) is 11.8 Å². The second-order valence-corrected chi connectivity index (χ2v) is 6.43. The van der Waals surface area contributed by atoms with Gasteiger partial charge in [0.25, 0.3) is 6.20 Å². The Balaban J connectivity index is 2.22. The zero-order chi connectivity index (χ0) is 15.7. The van der Waals surface area contributed by atoms with Gasteiger partial charge < -0.3 is 20.9 Å². The van der Waals surface area contributed by atoms with Crippen LogP contribution in [0.3, 0.4) is 0 Å². The summed E-state index contributed by atoms with van der Waals surface area (Å²) in [6.07, 6.45) is 0.617. The van der Waals surface area contributed by atoms with E-state index in [4.69, 9.17) is 0 Å². The molecule has 10 heteroatoms. The Bertz CT molecular complexity index is 478. The molecule has 0 amide bonds. The molecule has 0 spiro atoms. The van der Waals surface area contributed by atoms with Crippen LogP contribution < -0.4 is 10.8 Å². The van der Waals surface area contributed by atoms with Gasteiger partial charge in [0.15, 0.2) is 5.82 Å². The highest BCUT2D eigenvalue weighted by Crippen LogP contribution is 2.16. The summed E-state index contributed by atoms with van der Waals surface area (Å²) in [6.45, 7) is 1.30. The van der Waals surface area contributed by atoms with Gasteiger partial charge in [-0.3, -0.25) is 10.1 Å². The maximum absolute atomic E-state index is 10.4. The monoisotopic (exact) mass is 332 g/mol. The van der Waals surface area contributed by atoms with Crippen LogP contribution in [-0.4, -0.2) is 41.2 Å². The minimum absolute atomic E-state index is 0.137. The van der Waals surface area contributed by atoms with Gasteiger partial charge in [-0.25, -0.2) is 4.98 Å². The number of nitrogens with one attached hydrogen (secondary N) is 2. The number of hydrogen-bond donors (Lipinski definition) is 2. The summed E-state index contributed by atoms with van der Waals surface area (Å²) >= 11 is 3.29. The van der Waals surface area contributed by atoms with E-state index in [9.17, 15) is 15.3 Å². The lowest BCUT2D eigenvalue weighted by atomic mass is 10.5. The lowest BCUT2D eigenvalue weighted by Gasteiger charge is -2.13. The molecule has 0 saturated carbocycles. The van der Waals surface area contributed by atoms with Crippen molar-refractivity contribution in [3.05, 3.63) is 43.4 Å². The fourth-order valence-corrected chi connectivity index (χ4v) is 3.17. The Morgan fingerprint density at radius 2 is 2.38 bits per heavy atom. The molecule has 0 unspecified atom stereocenters. The van der Waals surface area contributed by atoms with E-state index in [1.807, 2.05) is 19.5 Å². The van der Waals surface area contributed by atoms with E-state index in [0.717, 1.165) is 28.8 Å². The van der Waals surface area contributed by atoms with E-state index in [1.54, 1.807) is 23.1 Å². The highest BCUT2D eigenvalue weighted by atomic mass is 32.2. The predicted molar refractivity (Wildman–Crippen MR) is 85.2 cm³/mol. The van der Waals surface area contributed by atoms with E-state index in [2.05, 4.69) is 15.2 Å². The van der Waals surface area contributed by atoms with Crippen LogP contribution in [0.1, 0.15) is 10.7 Å². The fraction of sp³-hybridized carbons (Fsp3) is 0.545. The summed E-state index contributed by atoms with van der Waals surface area (Å²) in [6, 6.07) is 0. The Hall–Kier alpha value is -1.36. The Morgan fingerprint density at radius 1 is 1.62 bits per heavy atom. The molecule has 118 valence electrons. The molecule has 0 aromatic carbocycles. The fourth-order valence-electron chi connectivity index (χ4n) is 1.41. The van der Waals surface area contributed by atoms with Crippen molar-refractivity contribution in [1.29, 1.82) is 0 Å². The molecule has 21 heavy (non-hydrogen) atoms. The Morgan fingerprint density at radius 3 is 3.00 bits per heavy atom. The number of nitrogens with zero attached hydrogens (tertiary/aromatic N) is 3. The molecule has 1 aromatic rings. The van der Waals surface area contributed by atoms with Crippen molar-refractivity contribution in [1.82, 2.24) is 20.7 Å². The number of thioether (sulfide) groups is 1. The van der Waals surface area contributed by atoms with Crippen molar-refractivity contribution in [3.8, 4) is 0 Å². The normalized spacial score (nSPS) is 11.7. The zero-order valence-electron chi connectivity index (χ0n) is 11.9. The number of nitro groups is 1. The van der Waals surface area contributed by atoms with Crippen molar-refractivity contribution in [2.24, 2.45) is 0 Å². The van der Waals surface area contributed by atoms with Gasteiger partial charge in [0.05, 0.1) is 10.6 Å². The quantitative estimate of drug-likeness (QED) is 0.374. The van der Waals surface area contributed by atoms with Gasteiger partial charge in [-0.05, 0) is 14.1 Å². The molecule has 0 bridgehead atoms. The smallest absolute Gasteiger partial charge is 0.273 e. The first-order chi connectivity index (χ1) is 10.0. The lowest BCUT2D eigenvalue weighted by molar-refractivity contribution is -0.404. The first-order valence-corrected chi connectivity index (χ1v) is 8.17. The maximum Gasteiger partial charge on any atom is 0.273 e. The Kier molecular flexibility index (Phi) is 8.05. The molecular formula is C11H18N5O3S2-. The first-order valence-electron chi connectivity index (χ1n) is 6.14. The van der Waals surface area contributed by atoms with Crippen molar-refractivity contribution >= 4 is 23.1 Å². The van der Waals surface area contributed by atoms with E-state index in [-0.39, 0.29) is 5.82 Å². The van der Waals surface area contributed by atoms with Crippen LogP contribution in [0.25, 0.3) is 0 Å². The highest BCUT2D eigenvalue weighted by molar-refractivity contribution is 7.98. The van der Waals surface area contributed by atoms with Crippen molar-refractivity contribution < 1.29 is 4.92 Å². The van der Waals surface area contributed by atoms with Crippen LogP contribution in [0.5, 0.6) is 0 Å². The van der Waals surface area contributed by atoms with E-state index in [1.165, 1.54) is 5.48 Å². The third-order valence-corrected chi connectivity index (χ3v) is 4.08. The molecule has 2 N–H and O–H groups in total. The number of aromatic nitrogens is 1. The molecule has 1 heterocycles. The minimum Gasteiger partial charge on any atom is -0.760 e. The van der Waals surface area contributed by atoms with Crippen molar-refractivity contribution in [2.75, 3.05) is 26.4 Å². The highest BCUT2D eigenvalue weighted by Gasteiger charge is 2.03. The van der Waals surface area contributed by atoms with Crippen molar-refractivity contribution in [2.45, 2.75) is 12.3 Å². The van der Waals surface area contributed by atoms with Gasteiger partial charge in [0, 0.05) is 30.0 Å². The maximum atomic E-state index is 10.4. The van der Waals surface area contributed by atoms with Gasteiger partial charge >= 0.3 is 0 Å². The second-order valence-electron chi connectivity index (χ2n) is 4.38. The predicted octanol–water partition coefficient (Wildman–Crippen LogP) is 1.19. The van der Waals surface area contributed by atoms with Crippen molar-refractivity contribution in [3.63, 3.8) is 0 Å². The molecule has 0 aliphatic rings. The number of rotatable bonds is 10. The molecule has 1 rings (SSSR count). The van der Waals surface area contributed by atoms with Crippen LogP contribution in [0.15, 0.2) is 17.4 Å². The topological polar surface area (TPSA) is 106 Å². The first kappa shape index (κ1) is 17.7. The number of hydrogen-bond acceptors (Lipinski definition) is 9. The van der Waals surface area contributed by atoms with Gasteiger partial charge in [0.2, 0.25) is 0 Å². The lowest BCUT2D eigenvalue weighted by Crippen LogP contribution is -2.25. The standard InChI is InChI=1S/C11H18N5O3S2/c1-15(2)6-11-13-9(8-21-11)7-20-4-3-12-10(14-17)5-16(18)19/h5,8,12,14H,3-4,6-7H2,1-2H3/q-1/b10-5-. The average Bonchev–Trinajstić information content (AvgIpc) is 2.83.